The first-order valence-corrected chi connectivity index (χ1v) is 13.4. The molecular formula is C28H38N6O2. The number of piperidine rings is 1. The topological polar surface area (TPSA) is 98.5 Å². The number of H-pyrrole nitrogens is 1. The predicted octanol–water partition coefficient (Wildman–Crippen LogP) is 5.03. The summed E-state index contributed by atoms with van der Waals surface area (Å²) in [6, 6.07) is 5.85. The Labute approximate surface area is 212 Å². The van der Waals surface area contributed by atoms with Crippen molar-refractivity contribution in [1.82, 2.24) is 25.0 Å². The van der Waals surface area contributed by atoms with Gasteiger partial charge in [-0.15, -0.1) is 0 Å². The van der Waals surface area contributed by atoms with Gasteiger partial charge < -0.3 is 20.3 Å². The lowest BCUT2D eigenvalue weighted by Crippen LogP contribution is -2.36. The van der Waals surface area contributed by atoms with Gasteiger partial charge >= 0.3 is 0 Å². The van der Waals surface area contributed by atoms with Crippen LogP contribution in [0.1, 0.15) is 74.8 Å². The molecule has 36 heavy (non-hydrogen) atoms. The molecule has 192 valence electrons. The summed E-state index contributed by atoms with van der Waals surface area (Å²) in [5, 5.41) is 19.1. The van der Waals surface area contributed by atoms with Crippen molar-refractivity contribution in [3.05, 3.63) is 41.7 Å². The van der Waals surface area contributed by atoms with Crippen LogP contribution in [0.25, 0.3) is 10.9 Å². The van der Waals surface area contributed by atoms with Crippen molar-refractivity contribution in [3.8, 4) is 5.88 Å². The summed E-state index contributed by atoms with van der Waals surface area (Å²) in [5.74, 6) is 1.27. The summed E-state index contributed by atoms with van der Waals surface area (Å²) < 4.78 is 2.06. The quantitative estimate of drug-likeness (QED) is 0.366. The minimum absolute atomic E-state index is 0.0702. The molecule has 5 rings (SSSR count). The number of rotatable bonds is 9. The van der Waals surface area contributed by atoms with Crippen LogP contribution in [0.5, 0.6) is 5.88 Å². The fourth-order valence-electron chi connectivity index (χ4n) is 5.09. The van der Waals surface area contributed by atoms with E-state index in [1.165, 1.54) is 19.4 Å². The van der Waals surface area contributed by atoms with Gasteiger partial charge in [0.05, 0.1) is 29.7 Å². The molecule has 2 aromatic heterocycles. The van der Waals surface area contributed by atoms with Gasteiger partial charge in [0, 0.05) is 42.6 Å². The van der Waals surface area contributed by atoms with Crippen molar-refractivity contribution in [2.24, 2.45) is 16.8 Å². The van der Waals surface area contributed by atoms with E-state index in [1.807, 2.05) is 31.5 Å². The smallest absolute Gasteiger partial charge is 0.251 e. The summed E-state index contributed by atoms with van der Waals surface area (Å²) in [6.45, 7) is 10.3. The van der Waals surface area contributed by atoms with E-state index in [0.29, 0.717) is 36.1 Å². The Morgan fingerprint density at radius 3 is 2.72 bits per heavy atom. The molecule has 2 aliphatic rings. The zero-order valence-electron chi connectivity index (χ0n) is 21.6. The standard InChI is InChI=1S/C28H38N6O2/c1-4-24(26-23-13-20(27(35)29-14-18(2)3)7-8-25(23)32-28(26)36)31-21-15-30-34(17-21)22-9-11-33(12-10-22)16-19-5-6-19/h7-8,13,15,17-19,22,32,36H,4-6,9-12,14,16H2,1-3H3,(H,29,35). The SMILES string of the molecule is CCC(=Nc1cnn(C2CCN(CC3CC3)CC2)c1)c1c(O)[nH]c2ccc(C(=O)NCC(C)C)cc12. The third-order valence-electron chi connectivity index (χ3n) is 7.33. The van der Waals surface area contributed by atoms with Crippen LogP contribution in [0, 0.1) is 11.8 Å². The van der Waals surface area contributed by atoms with E-state index in [-0.39, 0.29) is 11.8 Å². The second-order valence-electron chi connectivity index (χ2n) is 10.8. The Hall–Kier alpha value is -3.13. The Morgan fingerprint density at radius 2 is 2.03 bits per heavy atom. The van der Waals surface area contributed by atoms with Crippen LogP contribution in [0.3, 0.4) is 0 Å². The fraction of sp³-hybridized carbons (Fsp3) is 0.536. The lowest BCUT2D eigenvalue weighted by atomic mass is 10.0. The number of hydrogen-bond donors (Lipinski definition) is 3. The molecule has 8 heteroatoms. The van der Waals surface area contributed by atoms with Gasteiger partial charge in [0.2, 0.25) is 0 Å². The maximum absolute atomic E-state index is 12.6. The van der Waals surface area contributed by atoms with Gasteiger partial charge in [0.25, 0.3) is 5.91 Å². The average Bonchev–Trinajstić information content (AvgIpc) is 3.45. The third-order valence-corrected chi connectivity index (χ3v) is 7.33. The van der Waals surface area contributed by atoms with Gasteiger partial charge in [-0.05, 0) is 62.1 Å². The molecule has 1 aliphatic heterocycles. The Balaban J connectivity index is 1.35. The number of nitrogens with zero attached hydrogens (tertiary/aromatic N) is 4. The number of carbonyl (C=O) groups is 1. The monoisotopic (exact) mass is 490 g/mol. The first kappa shape index (κ1) is 24.6. The van der Waals surface area contributed by atoms with E-state index >= 15 is 0 Å². The fourth-order valence-corrected chi connectivity index (χ4v) is 5.09. The summed E-state index contributed by atoms with van der Waals surface area (Å²) in [5.41, 5.74) is 3.54. The highest BCUT2D eigenvalue weighted by Crippen LogP contribution is 2.33. The summed E-state index contributed by atoms with van der Waals surface area (Å²) >= 11 is 0. The molecule has 0 bridgehead atoms. The first-order valence-electron chi connectivity index (χ1n) is 13.4. The number of aliphatic imine (C=N–C) groups is 1. The first-order chi connectivity index (χ1) is 17.4. The number of nitrogens with one attached hydrogen (secondary N) is 2. The molecule has 0 spiro atoms. The lowest BCUT2D eigenvalue weighted by molar-refractivity contribution is 0.0949. The molecule has 0 unspecified atom stereocenters. The molecule has 1 saturated carbocycles. The highest BCUT2D eigenvalue weighted by atomic mass is 16.3. The predicted molar refractivity (Wildman–Crippen MR) is 143 cm³/mol. The van der Waals surface area contributed by atoms with E-state index in [1.54, 1.807) is 6.07 Å². The molecule has 3 N–H and O–H groups in total. The number of amides is 1. The zero-order chi connectivity index (χ0) is 25.2. The van der Waals surface area contributed by atoms with Crippen LogP contribution >= 0.6 is 0 Å². The van der Waals surface area contributed by atoms with E-state index in [2.05, 4.69) is 38.8 Å². The minimum Gasteiger partial charge on any atom is -0.494 e. The van der Waals surface area contributed by atoms with Crippen LogP contribution in [-0.4, -0.2) is 62.6 Å². The average molecular weight is 491 g/mol. The number of carbonyl (C=O) groups excluding carboxylic acids is 1. The molecule has 1 amide bonds. The molecular weight excluding hydrogens is 452 g/mol. The number of hydrogen-bond acceptors (Lipinski definition) is 5. The van der Waals surface area contributed by atoms with Crippen molar-refractivity contribution >= 4 is 28.2 Å². The van der Waals surface area contributed by atoms with Crippen LogP contribution in [0.2, 0.25) is 0 Å². The molecule has 1 aromatic carbocycles. The normalized spacial score (nSPS) is 17.8. The van der Waals surface area contributed by atoms with Crippen molar-refractivity contribution in [3.63, 3.8) is 0 Å². The third kappa shape index (κ3) is 5.48. The highest BCUT2D eigenvalue weighted by Gasteiger charge is 2.28. The summed E-state index contributed by atoms with van der Waals surface area (Å²) in [6.07, 6.45) is 9.50. The van der Waals surface area contributed by atoms with E-state index < -0.39 is 0 Å². The Kier molecular flexibility index (Phi) is 7.14. The second kappa shape index (κ2) is 10.5. The number of fused-ring (bicyclic) bond motifs is 1. The molecule has 2 fully saturated rings. The molecule has 1 aliphatic carbocycles. The molecule has 0 atom stereocenters. The summed E-state index contributed by atoms with van der Waals surface area (Å²) in [7, 11) is 0. The van der Waals surface area contributed by atoms with E-state index in [4.69, 9.17) is 4.99 Å². The van der Waals surface area contributed by atoms with Gasteiger partial charge in [-0.2, -0.15) is 5.10 Å². The van der Waals surface area contributed by atoms with Crippen LogP contribution in [0.4, 0.5) is 5.69 Å². The van der Waals surface area contributed by atoms with E-state index in [0.717, 1.165) is 54.2 Å². The van der Waals surface area contributed by atoms with Gasteiger partial charge in [-0.25, -0.2) is 4.99 Å². The summed E-state index contributed by atoms with van der Waals surface area (Å²) in [4.78, 5) is 23.2. The molecule has 1 saturated heterocycles. The number of aromatic nitrogens is 3. The van der Waals surface area contributed by atoms with Gasteiger partial charge in [-0.1, -0.05) is 20.8 Å². The molecule has 3 heterocycles. The highest BCUT2D eigenvalue weighted by molar-refractivity contribution is 6.14. The Bertz CT molecular complexity index is 1240. The zero-order valence-corrected chi connectivity index (χ0v) is 21.6. The van der Waals surface area contributed by atoms with Crippen LogP contribution < -0.4 is 5.32 Å². The van der Waals surface area contributed by atoms with Crippen molar-refractivity contribution < 1.29 is 9.90 Å². The lowest BCUT2D eigenvalue weighted by Gasteiger charge is -2.32. The maximum atomic E-state index is 12.6. The van der Waals surface area contributed by atoms with Crippen molar-refractivity contribution in [2.45, 2.75) is 58.9 Å². The number of aromatic hydroxyl groups is 1. The molecule has 3 aromatic rings. The number of likely N-dealkylation sites (tertiary alicyclic amines) is 1. The Morgan fingerprint density at radius 1 is 1.25 bits per heavy atom. The van der Waals surface area contributed by atoms with E-state index in [9.17, 15) is 9.90 Å². The number of aromatic amines is 1. The van der Waals surface area contributed by atoms with Gasteiger partial charge in [0.15, 0.2) is 5.88 Å². The van der Waals surface area contributed by atoms with Gasteiger partial charge in [0.1, 0.15) is 5.69 Å². The maximum Gasteiger partial charge on any atom is 0.251 e. The molecule has 8 nitrogen and oxygen atoms in total. The second-order valence-corrected chi connectivity index (χ2v) is 10.8. The number of benzene rings is 1. The van der Waals surface area contributed by atoms with Crippen LogP contribution in [0.15, 0.2) is 35.6 Å². The van der Waals surface area contributed by atoms with Gasteiger partial charge in [-0.3, -0.25) is 9.48 Å². The van der Waals surface area contributed by atoms with Crippen molar-refractivity contribution in [2.75, 3.05) is 26.2 Å². The van der Waals surface area contributed by atoms with Crippen molar-refractivity contribution in [1.29, 1.82) is 0 Å². The minimum atomic E-state index is -0.114. The molecule has 0 radical (unpaired) electrons. The van der Waals surface area contributed by atoms with Crippen LogP contribution in [-0.2, 0) is 0 Å². The largest absolute Gasteiger partial charge is 0.494 e.